The zero-order chi connectivity index (χ0) is 18.2. The fourth-order valence-electron chi connectivity index (χ4n) is 2.30. The van der Waals surface area contributed by atoms with E-state index in [1.165, 1.54) is 18.2 Å². The van der Waals surface area contributed by atoms with Gasteiger partial charge in [0.2, 0.25) is 0 Å². The van der Waals surface area contributed by atoms with Gasteiger partial charge in [-0.05, 0) is 36.2 Å². The molecule has 0 saturated heterocycles. The summed E-state index contributed by atoms with van der Waals surface area (Å²) in [7, 11) is 3.12. The molecule has 0 aliphatic carbocycles. The number of nitrogens with two attached hydrogens (primary N) is 1. The summed E-state index contributed by atoms with van der Waals surface area (Å²) < 4.78 is 37.5. The number of guanidine groups is 1. The molecule has 0 atom stereocenters. The molecular formula is C18H21F2N3O2. The molecule has 134 valence electrons. The highest BCUT2D eigenvalue weighted by molar-refractivity contribution is 5.77. The number of benzene rings is 2. The summed E-state index contributed by atoms with van der Waals surface area (Å²) in [6.45, 7) is 0.617. The van der Waals surface area contributed by atoms with E-state index in [9.17, 15) is 8.78 Å². The minimum Gasteiger partial charge on any atom is -0.493 e. The second-order valence-electron chi connectivity index (χ2n) is 5.27. The summed E-state index contributed by atoms with van der Waals surface area (Å²) in [6, 6.07) is 9.24. The van der Waals surface area contributed by atoms with Gasteiger partial charge in [-0.2, -0.15) is 0 Å². The zero-order valence-electron chi connectivity index (χ0n) is 14.2. The van der Waals surface area contributed by atoms with Gasteiger partial charge in [-0.3, -0.25) is 0 Å². The third-order valence-electron chi connectivity index (χ3n) is 3.62. The van der Waals surface area contributed by atoms with Gasteiger partial charge in [0.1, 0.15) is 11.6 Å². The van der Waals surface area contributed by atoms with Crippen LogP contribution in [-0.2, 0) is 13.0 Å². The Morgan fingerprint density at radius 1 is 1.08 bits per heavy atom. The third-order valence-corrected chi connectivity index (χ3v) is 3.62. The van der Waals surface area contributed by atoms with Crippen molar-refractivity contribution in [2.75, 3.05) is 20.8 Å². The Hall–Kier alpha value is -2.83. The van der Waals surface area contributed by atoms with Crippen molar-refractivity contribution in [2.24, 2.45) is 10.7 Å². The zero-order valence-corrected chi connectivity index (χ0v) is 14.2. The van der Waals surface area contributed by atoms with Gasteiger partial charge in [0.05, 0.1) is 20.8 Å². The summed E-state index contributed by atoms with van der Waals surface area (Å²) in [5.41, 5.74) is 6.71. The van der Waals surface area contributed by atoms with Crippen LogP contribution in [-0.4, -0.2) is 26.7 Å². The van der Waals surface area contributed by atoms with Crippen molar-refractivity contribution in [1.82, 2.24) is 5.32 Å². The van der Waals surface area contributed by atoms with Crippen molar-refractivity contribution in [3.05, 3.63) is 59.2 Å². The van der Waals surface area contributed by atoms with Crippen molar-refractivity contribution in [3.63, 3.8) is 0 Å². The predicted octanol–water partition coefficient (Wildman–Crippen LogP) is 2.63. The second-order valence-corrected chi connectivity index (χ2v) is 5.27. The van der Waals surface area contributed by atoms with Gasteiger partial charge in [-0.1, -0.05) is 12.1 Å². The van der Waals surface area contributed by atoms with E-state index < -0.39 is 11.6 Å². The second kappa shape index (κ2) is 8.86. The van der Waals surface area contributed by atoms with Crippen molar-refractivity contribution >= 4 is 5.96 Å². The number of nitrogens with one attached hydrogen (secondary N) is 1. The minimum absolute atomic E-state index is 0.0303. The van der Waals surface area contributed by atoms with E-state index in [-0.39, 0.29) is 24.5 Å². The summed E-state index contributed by atoms with van der Waals surface area (Å²) in [6.07, 6.45) is 0.172. The quantitative estimate of drug-likeness (QED) is 0.596. The molecule has 0 spiro atoms. The highest BCUT2D eigenvalue weighted by Gasteiger charge is 2.08. The average Bonchev–Trinajstić information content (AvgIpc) is 2.62. The molecule has 0 aliphatic heterocycles. The molecule has 0 saturated carbocycles. The predicted molar refractivity (Wildman–Crippen MR) is 92.9 cm³/mol. The van der Waals surface area contributed by atoms with Crippen molar-refractivity contribution in [3.8, 4) is 11.5 Å². The summed E-state index contributed by atoms with van der Waals surface area (Å²) >= 11 is 0. The first kappa shape index (κ1) is 18.5. The van der Waals surface area contributed by atoms with Crippen molar-refractivity contribution < 1.29 is 18.3 Å². The maximum Gasteiger partial charge on any atom is 0.188 e. The fourth-order valence-corrected chi connectivity index (χ4v) is 2.30. The van der Waals surface area contributed by atoms with Crippen LogP contribution in [0.15, 0.2) is 41.4 Å². The van der Waals surface area contributed by atoms with Crippen LogP contribution in [0, 0.1) is 11.6 Å². The number of halogens is 2. The van der Waals surface area contributed by atoms with E-state index in [4.69, 9.17) is 15.2 Å². The van der Waals surface area contributed by atoms with Gasteiger partial charge in [-0.25, -0.2) is 13.8 Å². The molecule has 0 fully saturated rings. The summed E-state index contributed by atoms with van der Waals surface area (Å²) in [4.78, 5) is 4.20. The summed E-state index contributed by atoms with van der Waals surface area (Å²) in [5, 5.41) is 2.85. The topological polar surface area (TPSA) is 68.9 Å². The Balaban J connectivity index is 1.90. The van der Waals surface area contributed by atoms with Gasteiger partial charge < -0.3 is 20.5 Å². The van der Waals surface area contributed by atoms with Crippen LogP contribution in [0.5, 0.6) is 11.5 Å². The van der Waals surface area contributed by atoms with E-state index in [2.05, 4.69) is 10.3 Å². The normalized spacial score (nSPS) is 11.3. The van der Waals surface area contributed by atoms with Gasteiger partial charge in [0, 0.05) is 12.1 Å². The van der Waals surface area contributed by atoms with Gasteiger partial charge in [0.25, 0.3) is 0 Å². The molecule has 0 heterocycles. The smallest absolute Gasteiger partial charge is 0.188 e. The van der Waals surface area contributed by atoms with Crippen LogP contribution in [0.25, 0.3) is 0 Å². The van der Waals surface area contributed by atoms with E-state index >= 15 is 0 Å². The Morgan fingerprint density at radius 2 is 1.76 bits per heavy atom. The fraction of sp³-hybridized carbons (Fsp3) is 0.278. The Morgan fingerprint density at radius 3 is 2.40 bits per heavy atom. The number of rotatable bonds is 7. The minimum atomic E-state index is -0.567. The third kappa shape index (κ3) is 5.07. The molecule has 0 aliphatic rings. The lowest BCUT2D eigenvalue weighted by Crippen LogP contribution is -2.33. The molecular weight excluding hydrogens is 328 g/mol. The molecule has 2 aromatic rings. The largest absolute Gasteiger partial charge is 0.493 e. The number of aliphatic imine (C=N–C) groups is 1. The lowest BCUT2D eigenvalue weighted by atomic mass is 10.1. The number of hydrogen-bond donors (Lipinski definition) is 2. The molecule has 0 radical (unpaired) electrons. The van der Waals surface area contributed by atoms with Gasteiger partial charge in [-0.15, -0.1) is 0 Å². The highest BCUT2D eigenvalue weighted by atomic mass is 19.1. The van der Waals surface area contributed by atoms with Crippen LogP contribution >= 0.6 is 0 Å². The first-order valence-corrected chi connectivity index (χ1v) is 7.72. The molecule has 2 rings (SSSR count). The van der Waals surface area contributed by atoms with Crippen LogP contribution in [0.2, 0.25) is 0 Å². The first-order chi connectivity index (χ1) is 12.0. The van der Waals surface area contributed by atoms with E-state index in [0.717, 1.165) is 5.56 Å². The molecule has 0 unspecified atom stereocenters. The standard InChI is InChI=1S/C18H21F2N3O2/c1-24-16-7-6-12(10-17(16)25-2)11-23-18(21)22-9-8-13-14(19)4-3-5-15(13)20/h3-7,10H,8-9,11H2,1-2H3,(H3,21,22,23). The Kier molecular flexibility index (Phi) is 6.56. The average molecular weight is 349 g/mol. The molecule has 25 heavy (non-hydrogen) atoms. The molecule has 0 amide bonds. The molecule has 5 nitrogen and oxygen atoms in total. The van der Waals surface area contributed by atoms with Crippen LogP contribution < -0.4 is 20.5 Å². The number of ether oxygens (including phenoxy) is 2. The number of nitrogens with zero attached hydrogens (tertiary/aromatic N) is 1. The van der Waals surface area contributed by atoms with Gasteiger partial charge in [0.15, 0.2) is 17.5 Å². The monoisotopic (exact) mass is 349 g/mol. The van der Waals surface area contributed by atoms with Crippen LogP contribution in [0.1, 0.15) is 11.1 Å². The first-order valence-electron chi connectivity index (χ1n) is 7.72. The Labute approximate surface area is 145 Å². The van der Waals surface area contributed by atoms with E-state index in [1.54, 1.807) is 20.3 Å². The van der Waals surface area contributed by atoms with Gasteiger partial charge >= 0.3 is 0 Å². The number of hydrogen-bond acceptors (Lipinski definition) is 3. The lowest BCUT2D eigenvalue weighted by Gasteiger charge is -2.09. The number of methoxy groups -OCH3 is 2. The van der Waals surface area contributed by atoms with Crippen LogP contribution in [0.4, 0.5) is 8.78 Å². The SMILES string of the molecule is COc1ccc(CN=C(N)NCCc2c(F)cccc2F)cc1OC. The summed E-state index contributed by atoms with van der Waals surface area (Å²) in [5.74, 6) is 0.307. The van der Waals surface area contributed by atoms with E-state index in [1.807, 2.05) is 12.1 Å². The van der Waals surface area contributed by atoms with Crippen LogP contribution in [0.3, 0.4) is 0 Å². The molecule has 3 N–H and O–H groups in total. The van der Waals surface area contributed by atoms with E-state index in [0.29, 0.717) is 18.0 Å². The molecule has 2 aromatic carbocycles. The molecule has 0 bridgehead atoms. The highest BCUT2D eigenvalue weighted by Crippen LogP contribution is 2.27. The Bertz CT molecular complexity index is 731. The molecule has 0 aromatic heterocycles. The molecule has 7 heteroatoms. The maximum atomic E-state index is 13.5. The lowest BCUT2D eigenvalue weighted by molar-refractivity contribution is 0.354. The van der Waals surface area contributed by atoms with Crippen molar-refractivity contribution in [1.29, 1.82) is 0 Å². The maximum absolute atomic E-state index is 13.5. The van der Waals surface area contributed by atoms with Crippen molar-refractivity contribution in [2.45, 2.75) is 13.0 Å².